The molecule has 1 aromatic heterocycles. The number of aromatic nitrogens is 1. The molecule has 6 heteroatoms. The fraction of sp³-hybridized carbons (Fsp3) is 0.433. The van der Waals surface area contributed by atoms with E-state index >= 15 is 0 Å². The van der Waals surface area contributed by atoms with E-state index in [0.717, 1.165) is 19.0 Å². The lowest BCUT2D eigenvalue weighted by Crippen LogP contribution is -2.36. The second-order valence-corrected chi connectivity index (χ2v) is 11.2. The van der Waals surface area contributed by atoms with Crippen LogP contribution < -0.4 is 0 Å². The molecular formula is C30H35Cl2N3O. The summed E-state index contributed by atoms with van der Waals surface area (Å²) in [5, 5.41) is 2.29. The molecule has 0 radical (unpaired) electrons. The number of ketones is 1. The highest BCUT2D eigenvalue weighted by atomic mass is 35.5. The third kappa shape index (κ3) is 5.82. The second kappa shape index (κ2) is 11.4. The Balaban J connectivity index is 1.04. The van der Waals surface area contributed by atoms with Gasteiger partial charge in [-0.25, -0.2) is 0 Å². The zero-order valence-corrected chi connectivity index (χ0v) is 22.5. The summed E-state index contributed by atoms with van der Waals surface area (Å²) < 4.78 is 0. The van der Waals surface area contributed by atoms with Gasteiger partial charge in [-0.15, -0.1) is 0 Å². The van der Waals surface area contributed by atoms with Gasteiger partial charge in [0.05, 0.1) is 10.0 Å². The number of H-pyrrole nitrogens is 1. The third-order valence-corrected chi connectivity index (χ3v) is 8.82. The Labute approximate surface area is 224 Å². The highest BCUT2D eigenvalue weighted by Gasteiger charge is 2.25. The number of para-hydroxylation sites is 1. The Hall–Kier alpha value is -2.27. The summed E-state index contributed by atoms with van der Waals surface area (Å²) in [4.78, 5) is 21.0. The molecule has 2 saturated heterocycles. The topological polar surface area (TPSA) is 39.3 Å². The quantitative estimate of drug-likeness (QED) is 0.258. The Morgan fingerprint density at radius 3 is 2.50 bits per heavy atom. The number of nitrogens with zero attached hydrogens (tertiary/aromatic N) is 2. The van der Waals surface area contributed by atoms with Crippen molar-refractivity contribution in [3.63, 3.8) is 0 Å². The van der Waals surface area contributed by atoms with Gasteiger partial charge in [0.2, 0.25) is 0 Å². The zero-order chi connectivity index (χ0) is 25.1. The molecule has 0 spiro atoms. The first-order valence-electron chi connectivity index (χ1n) is 13.2. The second-order valence-electron chi connectivity index (χ2n) is 10.4. The van der Waals surface area contributed by atoms with Crippen LogP contribution in [0.15, 0.2) is 54.7 Å². The first-order valence-corrected chi connectivity index (χ1v) is 13.9. The van der Waals surface area contributed by atoms with E-state index in [1.54, 1.807) is 29.8 Å². The summed E-state index contributed by atoms with van der Waals surface area (Å²) in [5.74, 6) is 1.40. The van der Waals surface area contributed by atoms with E-state index in [9.17, 15) is 4.79 Å². The van der Waals surface area contributed by atoms with Gasteiger partial charge < -0.3 is 14.8 Å². The fourth-order valence-electron chi connectivity index (χ4n) is 5.94. The normalized spacial score (nSPS) is 18.5. The van der Waals surface area contributed by atoms with Crippen LogP contribution in [0.5, 0.6) is 0 Å². The van der Waals surface area contributed by atoms with Crippen LogP contribution in [0.25, 0.3) is 10.9 Å². The van der Waals surface area contributed by atoms with Gasteiger partial charge in [-0.05, 0) is 100 Å². The average Bonchev–Trinajstić information content (AvgIpc) is 3.24. The van der Waals surface area contributed by atoms with Crippen molar-refractivity contribution in [1.82, 2.24) is 14.8 Å². The number of aromatic amines is 1. The molecule has 0 atom stereocenters. The Kier molecular flexibility index (Phi) is 8.05. The summed E-state index contributed by atoms with van der Waals surface area (Å²) in [7, 11) is 0. The molecule has 4 nitrogen and oxygen atoms in total. The van der Waals surface area contributed by atoms with Crippen molar-refractivity contribution in [2.24, 2.45) is 5.92 Å². The number of carbonyl (C=O) groups is 1. The predicted molar refractivity (Wildman–Crippen MR) is 150 cm³/mol. The molecule has 0 unspecified atom stereocenters. The van der Waals surface area contributed by atoms with Gasteiger partial charge in [-0.2, -0.15) is 0 Å². The molecule has 0 aliphatic carbocycles. The number of hydrogen-bond donors (Lipinski definition) is 1. The molecule has 3 heterocycles. The minimum absolute atomic E-state index is 0.0399. The number of aryl methyl sites for hydroxylation is 1. The van der Waals surface area contributed by atoms with Gasteiger partial charge in [-0.3, -0.25) is 4.79 Å². The van der Waals surface area contributed by atoms with Gasteiger partial charge in [0.15, 0.2) is 5.78 Å². The SMILES string of the molecule is Cc1[nH]c2ccccc2c1C1CCN(CCC2CCN(/C=C/C(=O)c3ccc(Cl)c(Cl)c3)CC2)CC1. The van der Waals surface area contributed by atoms with Gasteiger partial charge in [-0.1, -0.05) is 41.4 Å². The first kappa shape index (κ1) is 25.4. The minimum atomic E-state index is -0.0399. The van der Waals surface area contributed by atoms with E-state index in [4.69, 9.17) is 23.2 Å². The van der Waals surface area contributed by atoms with Crippen molar-refractivity contribution in [1.29, 1.82) is 0 Å². The minimum Gasteiger partial charge on any atom is -0.377 e. The van der Waals surface area contributed by atoms with Crippen molar-refractivity contribution in [3.05, 3.63) is 81.6 Å². The molecule has 36 heavy (non-hydrogen) atoms. The van der Waals surface area contributed by atoms with E-state index in [1.807, 2.05) is 6.20 Å². The summed E-state index contributed by atoms with van der Waals surface area (Å²) >= 11 is 12.0. The fourth-order valence-corrected chi connectivity index (χ4v) is 6.24. The van der Waals surface area contributed by atoms with Crippen molar-refractivity contribution in [3.8, 4) is 0 Å². The molecule has 0 saturated carbocycles. The number of hydrogen-bond acceptors (Lipinski definition) is 3. The summed E-state index contributed by atoms with van der Waals surface area (Å²) in [6.07, 6.45) is 9.75. The predicted octanol–water partition coefficient (Wildman–Crippen LogP) is 7.46. The van der Waals surface area contributed by atoms with Crippen LogP contribution in [0.3, 0.4) is 0 Å². The van der Waals surface area contributed by atoms with Crippen LogP contribution >= 0.6 is 23.2 Å². The number of fused-ring (bicyclic) bond motifs is 1. The highest BCUT2D eigenvalue weighted by molar-refractivity contribution is 6.42. The third-order valence-electron chi connectivity index (χ3n) is 8.08. The Morgan fingerprint density at radius 2 is 1.75 bits per heavy atom. The van der Waals surface area contributed by atoms with Crippen LogP contribution in [-0.4, -0.2) is 53.3 Å². The largest absolute Gasteiger partial charge is 0.377 e. The molecule has 2 aliphatic rings. The average molecular weight is 525 g/mol. The maximum atomic E-state index is 12.5. The highest BCUT2D eigenvalue weighted by Crippen LogP contribution is 2.36. The molecule has 0 bridgehead atoms. The van der Waals surface area contributed by atoms with Gasteiger partial charge in [0.25, 0.3) is 0 Å². The van der Waals surface area contributed by atoms with Gasteiger partial charge in [0, 0.05) is 47.5 Å². The molecule has 5 rings (SSSR count). The van der Waals surface area contributed by atoms with E-state index in [-0.39, 0.29) is 5.78 Å². The maximum Gasteiger partial charge on any atom is 0.187 e. The first-order chi connectivity index (χ1) is 17.5. The van der Waals surface area contributed by atoms with Crippen LogP contribution in [0.2, 0.25) is 10.0 Å². The molecule has 3 aromatic rings. The van der Waals surface area contributed by atoms with Gasteiger partial charge in [0.1, 0.15) is 0 Å². The lowest BCUT2D eigenvalue weighted by Gasteiger charge is -2.35. The lowest BCUT2D eigenvalue weighted by molar-refractivity contribution is 0.104. The number of nitrogens with one attached hydrogen (secondary N) is 1. The van der Waals surface area contributed by atoms with E-state index in [0.29, 0.717) is 21.5 Å². The Bertz CT molecular complexity index is 1230. The van der Waals surface area contributed by atoms with E-state index in [2.05, 4.69) is 46.0 Å². The van der Waals surface area contributed by atoms with Crippen LogP contribution in [-0.2, 0) is 0 Å². The number of benzene rings is 2. The number of likely N-dealkylation sites (tertiary alicyclic amines) is 2. The van der Waals surface area contributed by atoms with Gasteiger partial charge >= 0.3 is 0 Å². The summed E-state index contributed by atoms with van der Waals surface area (Å²) in [6.45, 7) is 7.85. The molecule has 190 valence electrons. The molecule has 2 fully saturated rings. The van der Waals surface area contributed by atoms with E-state index < -0.39 is 0 Å². The van der Waals surface area contributed by atoms with Crippen molar-refractivity contribution in [2.45, 2.75) is 44.9 Å². The maximum absolute atomic E-state index is 12.5. The zero-order valence-electron chi connectivity index (χ0n) is 21.0. The number of piperidine rings is 2. The molecule has 0 amide bonds. The van der Waals surface area contributed by atoms with Crippen molar-refractivity contribution in [2.75, 3.05) is 32.7 Å². The summed E-state index contributed by atoms with van der Waals surface area (Å²) in [6, 6.07) is 13.7. The number of halogens is 2. The number of rotatable bonds is 7. The van der Waals surface area contributed by atoms with Crippen LogP contribution in [0.4, 0.5) is 0 Å². The van der Waals surface area contributed by atoms with E-state index in [1.165, 1.54) is 68.3 Å². The van der Waals surface area contributed by atoms with Crippen LogP contribution in [0.1, 0.15) is 59.6 Å². The lowest BCUT2D eigenvalue weighted by atomic mass is 9.87. The number of allylic oxidation sites excluding steroid dienone is 1. The molecule has 2 aliphatic heterocycles. The van der Waals surface area contributed by atoms with Crippen LogP contribution in [0, 0.1) is 12.8 Å². The smallest absolute Gasteiger partial charge is 0.187 e. The molecular weight excluding hydrogens is 489 g/mol. The molecule has 1 N–H and O–H groups in total. The Morgan fingerprint density at radius 1 is 1.00 bits per heavy atom. The molecule has 2 aromatic carbocycles. The number of carbonyl (C=O) groups excluding carboxylic acids is 1. The standard InChI is InChI=1S/C30H35Cl2N3O/c1-21-30(25-4-2-3-5-28(25)33-21)23-11-17-35(18-12-23)16-10-22-8-14-34(15-9-22)19-13-29(36)24-6-7-26(31)27(32)20-24/h2-7,13,19-20,22-23,33H,8-12,14-18H2,1H3/b19-13+. The monoisotopic (exact) mass is 523 g/mol. The summed E-state index contributed by atoms with van der Waals surface area (Å²) in [5.41, 5.74) is 4.73. The van der Waals surface area contributed by atoms with Crippen molar-refractivity contribution < 1.29 is 4.79 Å². The van der Waals surface area contributed by atoms with Crippen molar-refractivity contribution >= 4 is 39.9 Å².